The van der Waals surface area contributed by atoms with Gasteiger partial charge in [-0.1, -0.05) is 43.2 Å². The smallest absolute Gasteiger partial charge is 0.224 e. The van der Waals surface area contributed by atoms with Crippen LogP contribution in [0.2, 0.25) is 0 Å². The summed E-state index contributed by atoms with van der Waals surface area (Å²) in [5.74, 6) is 1.29. The Bertz CT molecular complexity index is 499. The van der Waals surface area contributed by atoms with Crippen LogP contribution in [-0.2, 0) is 4.79 Å². The highest BCUT2D eigenvalue weighted by molar-refractivity contribution is 5.83. The van der Waals surface area contributed by atoms with Crippen LogP contribution in [0.3, 0.4) is 0 Å². The second-order valence-electron chi connectivity index (χ2n) is 7.06. The minimum atomic E-state index is 0.239. The van der Waals surface area contributed by atoms with Gasteiger partial charge in [-0.2, -0.15) is 0 Å². The highest BCUT2D eigenvalue weighted by Gasteiger charge is 2.65. The number of benzene rings is 1. The first kappa shape index (κ1) is 12.4. The van der Waals surface area contributed by atoms with E-state index in [1.807, 2.05) is 0 Å². The summed E-state index contributed by atoms with van der Waals surface area (Å²) in [6.45, 7) is 0. The summed E-state index contributed by atoms with van der Waals surface area (Å²) >= 11 is 0. The van der Waals surface area contributed by atoms with Crippen LogP contribution >= 0.6 is 0 Å². The Hall–Kier alpha value is -1.31. The van der Waals surface area contributed by atoms with Gasteiger partial charge in [-0.25, -0.2) is 0 Å². The number of carbonyl (C=O) groups is 1. The van der Waals surface area contributed by atoms with Crippen molar-refractivity contribution in [1.29, 1.82) is 0 Å². The van der Waals surface area contributed by atoms with Crippen LogP contribution in [0, 0.1) is 17.3 Å². The Morgan fingerprint density at radius 3 is 2.45 bits per heavy atom. The molecule has 2 nitrogen and oxygen atoms in total. The van der Waals surface area contributed by atoms with Crippen LogP contribution in [0.25, 0.3) is 0 Å². The van der Waals surface area contributed by atoms with Crippen molar-refractivity contribution in [2.45, 2.75) is 51.0 Å². The molecule has 20 heavy (non-hydrogen) atoms. The second kappa shape index (κ2) is 4.61. The Kier molecular flexibility index (Phi) is 2.87. The van der Waals surface area contributed by atoms with Gasteiger partial charge in [-0.3, -0.25) is 4.79 Å². The Balaban J connectivity index is 1.50. The van der Waals surface area contributed by atoms with Gasteiger partial charge in [0.1, 0.15) is 0 Å². The summed E-state index contributed by atoms with van der Waals surface area (Å²) in [6, 6.07) is 10.8. The molecule has 0 radical (unpaired) electrons. The van der Waals surface area contributed by atoms with Crippen molar-refractivity contribution in [3.05, 3.63) is 35.9 Å². The lowest BCUT2D eigenvalue weighted by Gasteiger charge is -2.25. The quantitative estimate of drug-likeness (QED) is 0.884. The monoisotopic (exact) mass is 269 g/mol. The van der Waals surface area contributed by atoms with E-state index in [-0.39, 0.29) is 6.04 Å². The Morgan fingerprint density at radius 2 is 1.85 bits per heavy atom. The van der Waals surface area contributed by atoms with Crippen LogP contribution in [0.15, 0.2) is 30.3 Å². The van der Waals surface area contributed by atoms with Gasteiger partial charge in [0.15, 0.2) is 0 Å². The summed E-state index contributed by atoms with van der Waals surface area (Å²) < 4.78 is 0. The van der Waals surface area contributed by atoms with Crippen LogP contribution in [0.4, 0.5) is 0 Å². The third-order valence-corrected chi connectivity index (χ3v) is 5.73. The van der Waals surface area contributed by atoms with Gasteiger partial charge < -0.3 is 5.32 Å². The topological polar surface area (TPSA) is 29.1 Å². The Labute approximate surface area is 121 Å². The van der Waals surface area contributed by atoms with Crippen molar-refractivity contribution in [1.82, 2.24) is 5.32 Å². The lowest BCUT2D eigenvalue weighted by Crippen LogP contribution is -2.34. The van der Waals surface area contributed by atoms with Gasteiger partial charge in [0.25, 0.3) is 0 Å². The van der Waals surface area contributed by atoms with Gasteiger partial charge in [0, 0.05) is 5.92 Å². The molecule has 1 aromatic carbocycles. The van der Waals surface area contributed by atoms with E-state index in [1.165, 1.54) is 44.1 Å². The molecule has 4 rings (SSSR count). The number of hydrogen-bond donors (Lipinski definition) is 1. The summed E-state index contributed by atoms with van der Waals surface area (Å²) in [6.07, 6.45) is 8.86. The molecular formula is C18H23NO. The van der Waals surface area contributed by atoms with Gasteiger partial charge in [-0.15, -0.1) is 0 Å². The van der Waals surface area contributed by atoms with Gasteiger partial charge >= 0.3 is 0 Å². The van der Waals surface area contributed by atoms with Crippen molar-refractivity contribution < 1.29 is 4.79 Å². The summed E-state index contributed by atoms with van der Waals surface area (Å²) in [5.41, 5.74) is 1.75. The average molecular weight is 269 g/mol. The molecular weight excluding hydrogens is 246 g/mol. The molecule has 0 aliphatic heterocycles. The molecule has 2 heteroatoms. The Morgan fingerprint density at radius 1 is 1.15 bits per heavy atom. The first-order chi connectivity index (χ1) is 9.78. The molecule has 0 heterocycles. The summed E-state index contributed by atoms with van der Waals surface area (Å²) in [7, 11) is 0. The number of nitrogens with one attached hydrogen (secondary N) is 1. The molecule has 0 aromatic heterocycles. The van der Waals surface area contributed by atoms with E-state index in [9.17, 15) is 4.79 Å². The van der Waals surface area contributed by atoms with Crippen molar-refractivity contribution in [3.63, 3.8) is 0 Å². The second-order valence-corrected chi connectivity index (χ2v) is 7.06. The predicted molar refractivity (Wildman–Crippen MR) is 79.1 cm³/mol. The van der Waals surface area contributed by atoms with Gasteiger partial charge in [0.05, 0.1) is 6.04 Å². The van der Waals surface area contributed by atoms with E-state index >= 15 is 0 Å². The average Bonchev–Trinajstić information content (AvgIpc) is 3.36. The number of carbonyl (C=O) groups excluding carboxylic acids is 1. The van der Waals surface area contributed by atoms with Gasteiger partial charge in [0.2, 0.25) is 5.91 Å². The molecule has 2 unspecified atom stereocenters. The SMILES string of the molecule is O=C(NC(c1ccccc1)C1CCCC1)C1CC12CC2. The van der Waals surface area contributed by atoms with E-state index in [1.54, 1.807) is 0 Å². The van der Waals surface area contributed by atoms with E-state index in [4.69, 9.17) is 0 Å². The molecule has 0 saturated heterocycles. The maximum absolute atomic E-state index is 12.5. The zero-order valence-corrected chi connectivity index (χ0v) is 12.0. The minimum absolute atomic E-state index is 0.239. The van der Waals surface area contributed by atoms with Crippen LogP contribution < -0.4 is 5.32 Å². The molecule has 1 aromatic rings. The fraction of sp³-hybridized carbons (Fsp3) is 0.611. The third-order valence-electron chi connectivity index (χ3n) is 5.73. The van der Waals surface area contributed by atoms with E-state index < -0.39 is 0 Å². The molecule has 0 bridgehead atoms. The number of rotatable bonds is 4. The van der Waals surface area contributed by atoms with Crippen LogP contribution in [-0.4, -0.2) is 5.91 Å². The lowest BCUT2D eigenvalue weighted by atomic mass is 9.91. The molecule has 2 atom stereocenters. The van der Waals surface area contributed by atoms with Crippen molar-refractivity contribution in [3.8, 4) is 0 Å². The van der Waals surface area contributed by atoms with Crippen molar-refractivity contribution in [2.24, 2.45) is 17.3 Å². The van der Waals surface area contributed by atoms with Crippen LogP contribution in [0.5, 0.6) is 0 Å². The van der Waals surface area contributed by atoms with Crippen LogP contribution in [0.1, 0.15) is 56.6 Å². The maximum atomic E-state index is 12.5. The highest BCUT2D eigenvalue weighted by atomic mass is 16.2. The molecule has 1 amide bonds. The van der Waals surface area contributed by atoms with E-state index in [0.29, 0.717) is 23.2 Å². The fourth-order valence-electron chi connectivity index (χ4n) is 4.11. The summed E-state index contributed by atoms with van der Waals surface area (Å²) in [4.78, 5) is 12.5. The van der Waals surface area contributed by atoms with Crippen molar-refractivity contribution >= 4 is 5.91 Å². The maximum Gasteiger partial charge on any atom is 0.224 e. The molecule has 3 aliphatic rings. The molecule has 106 valence electrons. The zero-order valence-electron chi connectivity index (χ0n) is 12.0. The van der Waals surface area contributed by atoms with E-state index in [0.717, 1.165) is 6.42 Å². The zero-order chi connectivity index (χ0) is 13.6. The normalized spacial score (nSPS) is 28.3. The van der Waals surface area contributed by atoms with Gasteiger partial charge in [-0.05, 0) is 49.0 Å². The standard InChI is InChI=1S/C18H23NO/c20-17(15-12-18(15)10-11-18)19-16(14-8-4-5-9-14)13-6-2-1-3-7-13/h1-3,6-7,14-16H,4-5,8-12H2,(H,19,20). The predicted octanol–water partition coefficient (Wildman–Crippen LogP) is 3.83. The molecule has 3 saturated carbocycles. The lowest BCUT2D eigenvalue weighted by molar-refractivity contribution is -0.123. The number of hydrogen-bond acceptors (Lipinski definition) is 1. The molecule has 1 N–H and O–H groups in total. The minimum Gasteiger partial charge on any atom is -0.349 e. The molecule has 1 spiro atoms. The first-order valence-electron chi connectivity index (χ1n) is 8.14. The van der Waals surface area contributed by atoms with E-state index in [2.05, 4.69) is 35.6 Å². The summed E-state index contributed by atoms with van der Waals surface area (Å²) in [5, 5.41) is 3.39. The highest BCUT2D eigenvalue weighted by Crippen LogP contribution is 2.70. The first-order valence-corrected chi connectivity index (χ1v) is 8.14. The largest absolute Gasteiger partial charge is 0.349 e. The third kappa shape index (κ3) is 2.15. The number of amides is 1. The molecule has 3 aliphatic carbocycles. The van der Waals surface area contributed by atoms with Crippen molar-refractivity contribution in [2.75, 3.05) is 0 Å². The fourth-order valence-corrected chi connectivity index (χ4v) is 4.11. The molecule has 3 fully saturated rings.